The fourth-order valence-electron chi connectivity index (χ4n) is 3.87. The van der Waals surface area contributed by atoms with Crippen molar-refractivity contribution in [2.24, 2.45) is 0 Å². The second kappa shape index (κ2) is 14.0. The van der Waals surface area contributed by atoms with Crippen molar-refractivity contribution in [1.82, 2.24) is 0 Å². The standard InChI is InChI=1S/C14H15P.C13H13OP.C8H10/c1-15(2,13-9-5-3-6-10-13)14-11-7-4-8-12-14;1-15(14,12-8-4-2-5-9-12)13-10-6-3-7-11-13;1-7-3-5-8(2)6-4-7/h3-12H,1H2,2H3;2-11H,1H3;3-6H,1-2H3. The lowest BCUT2D eigenvalue weighted by Crippen LogP contribution is -2.14. The van der Waals surface area contributed by atoms with Crippen LogP contribution in [0.25, 0.3) is 0 Å². The van der Waals surface area contributed by atoms with Gasteiger partial charge in [-0.2, -0.15) is 0 Å². The topological polar surface area (TPSA) is 17.1 Å². The molecule has 38 heavy (non-hydrogen) atoms. The maximum absolute atomic E-state index is 12.6. The highest BCUT2D eigenvalue weighted by atomic mass is 31.2. The number of rotatable bonds is 4. The van der Waals surface area contributed by atoms with Gasteiger partial charge in [-0.15, -0.1) is 0 Å². The van der Waals surface area contributed by atoms with Crippen LogP contribution in [0, 0.1) is 13.8 Å². The average molecular weight is 537 g/mol. The van der Waals surface area contributed by atoms with Crippen LogP contribution >= 0.6 is 14.0 Å². The average Bonchev–Trinajstić information content (AvgIpc) is 2.97. The summed E-state index contributed by atoms with van der Waals surface area (Å²) >= 11 is 0. The van der Waals surface area contributed by atoms with Crippen molar-refractivity contribution in [3.8, 4) is 0 Å². The Balaban J connectivity index is 0.000000166. The van der Waals surface area contributed by atoms with E-state index in [4.69, 9.17) is 0 Å². The van der Waals surface area contributed by atoms with E-state index in [1.807, 2.05) is 67.3 Å². The molecule has 5 aromatic carbocycles. The van der Waals surface area contributed by atoms with E-state index in [0.29, 0.717) is 0 Å². The molecule has 0 fully saturated rings. The normalized spacial score (nSPS) is 10.8. The van der Waals surface area contributed by atoms with E-state index in [-0.39, 0.29) is 0 Å². The summed E-state index contributed by atoms with van der Waals surface area (Å²) in [5, 5.41) is 4.54. The molecule has 0 saturated heterocycles. The van der Waals surface area contributed by atoms with E-state index < -0.39 is 14.0 Å². The molecule has 3 heteroatoms. The Morgan fingerprint density at radius 1 is 0.421 bits per heavy atom. The number of hydrogen-bond donors (Lipinski definition) is 0. The zero-order valence-electron chi connectivity index (χ0n) is 22.9. The van der Waals surface area contributed by atoms with Crippen molar-refractivity contribution in [1.29, 1.82) is 0 Å². The molecule has 0 aliphatic carbocycles. The summed E-state index contributed by atoms with van der Waals surface area (Å²) in [6.07, 6.45) is 4.42. The summed E-state index contributed by atoms with van der Waals surface area (Å²) in [6, 6.07) is 48.9. The molecule has 0 aromatic heterocycles. The quantitative estimate of drug-likeness (QED) is 0.216. The fourth-order valence-corrected chi connectivity index (χ4v) is 7.61. The lowest BCUT2D eigenvalue weighted by Gasteiger charge is -2.20. The lowest BCUT2D eigenvalue weighted by atomic mass is 10.2. The molecular weight excluding hydrogens is 498 g/mol. The van der Waals surface area contributed by atoms with Gasteiger partial charge in [0.1, 0.15) is 7.14 Å². The molecule has 1 nitrogen and oxygen atoms in total. The van der Waals surface area contributed by atoms with Crippen LogP contribution in [0.15, 0.2) is 146 Å². The number of benzene rings is 5. The van der Waals surface area contributed by atoms with Crippen molar-refractivity contribution in [2.75, 3.05) is 13.3 Å². The first-order valence-corrected chi connectivity index (χ1v) is 17.3. The first kappa shape index (κ1) is 29.2. The van der Waals surface area contributed by atoms with Crippen LogP contribution in [0.4, 0.5) is 0 Å². The van der Waals surface area contributed by atoms with Gasteiger partial charge in [0.2, 0.25) is 0 Å². The highest BCUT2D eigenvalue weighted by Crippen LogP contribution is 2.38. The molecular formula is C35H38OP2. The van der Waals surface area contributed by atoms with E-state index in [2.05, 4.69) is 112 Å². The molecule has 0 atom stereocenters. The first-order chi connectivity index (χ1) is 18.2. The molecule has 194 valence electrons. The number of aryl methyl sites for hydroxylation is 2. The van der Waals surface area contributed by atoms with Gasteiger partial charge in [0.15, 0.2) is 0 Å². The van der Waals surface area contributed by atoms with Crippen LogP contribution < -0.4 is 21.2 Å². The van der Waals surface area contributed by atoms with E-state index in [0.717, 1.165) is 10.6 Å². The van der Waals surface area contributed by atoms with Gasteiger partial charge >= 0.3 is 0 Å². The third-order valence-electron chi connectivity index (χ3n) is 6.37. The third kappa shape index (κ3) is 8.32. The Kier molecular flexibility index (Phi) is 10.7. The molecule has 0 aliphatic rings. The minimum Gasteiger partial charge on any atom is -0.314 e. The van der Waals surface area contributed by atoms with Crippen LogP contribution in [-0.2, 0) is 4.57 Å². The molecule has 0 spiro atoms. The summed E-state index contributed by atoms with van der Waals surface area (Å²) < 4.78 is 12.6. The van der Waals surface area contributed by atoms with E-state index in [1.165, 1.54) is 21.7 Å². The van der Waals surface area contributed by atoms with Crippen molar-refractivity contribution in [2.45, 2.75) is 13.8 Å². The summed E-state index contributed by atoms with van der Waals surface area (Å²) in [5.41, 5.74) is 2.66. The summed E-state index contributed by atoms with van der Waals surface area (Å²) in [7, 11) is -2.40. The molecule has 0 aliphatic heterocycles. The zero-order valence-corrected chi connectivity index (χ0v) is 24.7. The Morgan fingerprint density at radius 2 is 0.658 bits per heavy atom. The van der Waals surface area contributed by atoms with Crippen LogP contribution in [0.1, 0.15) is 11.1 Å². The predicted octanol–water partition coefficient (Wildman–Crippen LogP) is 7.65. The van der Waals surface area contributed by atoms with Gasteiger partial charge in [0, 0.05) is 10.6 Å². The molecule has 5 aromatic rings. The molecule has 0 N–H and O–H groups in total. The van der Waals surface area contributed by atoms with E-state index in [1.54, 1.807) is 0 Å². The van der Waals surface area contributed by atoms with Crippen LogP contribution in [0.3, 0.4) is 0 Å². The SMILES string of the molecule is C=P(C)(c1ccccc1)c1ccccc1.CP(=O)(c1ccccc1)c1ccccc1.Cc1ccc(C)cc1. The number of hydrogen-bond acceptors (Lipinski definition) is 1. The van der Waals surface area contributed by atoms with E-state index >= 15 is 0 Å². The Labute approximate surface area is 229 Å². The predicted molar refractivity (Wildman–Crippen MR) is 174 cm³/mol. The van der Waals surface area contributed by atoms with Crippen LogP contribution in [0.2, 0.25) is 0 Å². The largest absolute Gasteiger partial charge is 0.314 e. The van der Waals surface area contributed by atoms with Gasteiger partial charge in [0.05, 0.1) is 0 Å². The van der Waals surface area contributed by atoms with Crippen molar-refractivity contribution < 1.29 is 4.57 Å². The summed E-state index contributed by atoms with van der Waals surface area (Å²) in [5.74, 6) is 0. The molecule has 0 radical (unpaired) electrons. The molecule has 0 amide bonds. The van der Waals surface area contributed by atoms with Crippen LogP contribution in [0.5, 0.6) is 0 Å². The van der Waals surface area contributed by atoms with Gasteiger partial charge in [0.25, 0.3) is 0 Å². The first-order valence-electron chi connectivity index (χ1n) is 12.8. The molecule has 0 saturated carbocycles. The van der Waals surface area contributed by atoms with E-state index in [9.17, 15) is 4.57 Å². The fraction of sp³-hybridized carbons (Fsp3) is 0.114. The van der Waals surface area contributed by atoms with Crippen molar-refractivity contribution in [3.05, 3.63) is 157 Å². The van der Waals surface area contributed by atoms with Crippen molar-refractivity contribution in [3.63, 3.8) is 0 Å². The summed E-state index contributed by atoms with van der Waals surface area (Å²) in [6.45, 7) is 6.87. The minimum absolute atomic E-state index is 0.913. The maximum Gasteiger partial charge on any atom is 0.140 e. The van der Waals surface area contributed by atoms with Gasteiger partial charge in [-0.05, 0) is 37.8 Å². The Morgan fingerprint density at radius 3 is 0.921 bits per heavy atom. The Hall–Kier alpha value is -3.37. The molecule has 0 unspecified atom stereocenters. The van der Waals surface area contributed by atoms with Crippen molar-refractivity contribution >= 4 is 41.5 Å². The van der Waals surface area contributed by atoms with Gasteiger partial charge < -0.3 is 4.57 Å². The van der Waals surface area contributed by atoms with Crippen LogP contribution in [-0.4, -0.2) is 19.6 Å². The highest BCUT2D eigenvalue weighted by molar-refractivity contribution is 7.86. The maximum atomic E-state index is 12.6. The third-order valence-corrected chi connectivity index (χ3v) is 11.8. The van der Waals surface area contributed by atoms with Gasteiger partial charge in [-0.25, -0.2) is 0 Å². The lowest BCUT2D eigenvalue weighted by molar-refractivity contribution is 0.590. The second-order valence-corrected chi connectivity index (χ2v) is 15.9. The molecule has 0 heterocycles. The van der Waals surface area contributed by atoms with Gasteiger partial charge in [-0.1, -0.05) is 170 Å². The summed E-state index contributed by atoms with van der Waals surface area (Å²) in [4.78, 5) is 0. The second-order valence-electron chi connectivity index (χ2n) is 9.61. The monoisotopic (exact) mass is 536 g/mol. The highest BCUT2D eigenvalue weighted by Gasteiger charge is 2.19. The molecule has 5 rings (SSSR count). The zero-order chi connectivity index (χ0) is 27.4. The molecule has 0 bridgehead atoms. The van der Waals surface area contributed by atoms with Gasteiger partial charge in [-0.3, -0.25) is 0 Å². The smallest absolute Gasteiger partial charge is 0.140 e. The minimum atomic E-state index is -2.40. The Bertz CT molecular complexity index is 1260.